The fourth-order valence-corrected chi connectivity index (χ4v) is 7.45. The number of hydrogen-bond donors (Lipinski definition) is 1. The number of nitrogens with one attached hydrogen (secondary N) is 1. The van der Waals surface area contributed by atoms with E-state index in [4.69, 9.17) is 4.74 Å². The van der Waals surface area contributed by atoms with Gasteiger partial charge in [-0.15, -0.1) is 0 Å². The zero-order chi connectivity index (χ0) is 16.9. The van der Waals surface area contributed by atoms with Gasteiger partial charge in [-0.25, -0.2) is 0 Å². The first-order chi connectivity index (χ1) is 11.4. The van der Waals surface area contributed by atoms with Crippen molar-refractivity contribution in [1.82, 2.24) is 0 Å². The molecule has 1 aromatic carbocycles. The molecule has 2 atom stereocenters. The monoisotopic (exact) mass is 391 g/mol. The molecule has 1 amide bonds. The van der Waals surface area contributed by atoms with Crippen molar-refractivity contribution in [2.24, 2.45) is 17.3 Å². The van der Waals surface area contributed by atoms with E-state index in [-0.39, 0.29) is 11.3 Å². The van der Waals surface area contributed by atoms with Crippen LogP contribution in [0, 0.1) is 24.2 Å². The van der Waals surface area contributed by atoms with Crippen molar-refractivity contribution in [2.75, 3.05) is 12.4 Å². The van der Waals surface area contributed by atoms with Gasteiger partial charge in [0, 0.05) is 22.5 Å². The van der Waals surface area contributed by atoms with Crippen molar-refractivity contribution in [3.8, 4) is 5.75 Å². The molecule has 0 aliphatic heterocycles. The predicted molar refractivity (Wildman–Crippen MR) is 99.8 cm³/mol. The number of carbonyl (C=O) groups excluding carboxylic acids is 1. The van der Waals surface area contributed by atoms with E-state index in [0.29, 0.717) is 10.7 Å². The Hall–Kier alpha value is -1.03. The molecule has 4 aliphatic rings. The van der Waals surface area contributed by atoms with Crippen LogP contribution >= 0.6 is 15.9 Å². The number of hydrogen-bond acceptors (Lipinski definition) is 2. The highest BCUT2D eigenvalue weighted by molar-refractivity contribution is 9.10. The molecule has 3 nitrogen and oxygen atoms in total. The van der Waals surface area contributed by atoms with Gasteiger partial charge in [-0.3, -0.25) is 4.79 Å². The number of alkyl halides is 1. The Labute approximate surface area is 152 Å². The Balaban J connectivity index is 1.49. The number of benzene rings is 1. The van der Waals surface area contributed by atoms with Crippen LogP contribution in [0.25, 0.3) is 0 Å². The van der Waals surface area contributed by atoms with E-state index in [1.54, 1.807) is 7.11 Å². The molecule has 0 saturated heterocycles. The van der Waals surface area contributed by atoms with E-state index >= 15 is 0 Å². The van der Waals surface area contributed by atoms with E-state index < -0.39 is 0 Å². The zero-order valence-electron chi connectivity index (χ0n) is 14.5. The second kappa shape index (κ2) is 5.76. The topological polar surface area (TPSA) is 38.3 Å². The van der Waals surface area contributed by atoms with Crippen LogP contribution < -0.4 is 10.1 Å². The second-order valence-electron chi connectivity index (χ2n) is 8.52. The minimum absolute atomic E-state index is 0.157. The van der Waals surface area contributed by atoms with Gasteiger partial charge in [0.2, 0.25) is 5.91 Å². The smallest absolute Gasteiger partial charge is 0.224 e. The highest BCUT2D eigenvalue weighted by Crippen LogP contribution is 2.65. The molecule has 4 heteroatoms. The van der Waals surface area contributed by atoms with Crippen molar-refractivity contribution in [1.29, 1.82) is 0 Å². The second-order valence-corrected chi connectivity index (χ2v) is 10.2. The average Bonchev–Trinajstić information content (AvgIpc) is 2.46. The summed E-state index contributed by atoms with van der Waals surface area (Å²) in [4.78, 5) is 12.8. The van der Waals surface area contributed by atoms with Crippen LogP contribution in [-0.2, 0) is 4.79 Å². The molecule has 2 unspecified atom stereocenters. The maximum atomic E-state index is 12.8. The maximum Gasteiger partial charge on any atom is 0.224 e. The van der Waals surface area contributed by atoms with Crippen molar-refractivity contribution in [3.05, 3.63) is 23.8 Å². The molecule has 5 rings (SSSR count). The Kier molecular flexibility index (Phi) is 3.94. The van der Waals surface area contributed by atoms with Gasteiger partial charge in [-0.1, -0.05) is 22.0 Å². The van der Waals surface area contributed by atoms with Gasteiger partial charge in [-0.2, -0.15) is 0 Å². The van der Waals surface area contributed by atoms with Crippen LogP contribution in [0.2, 0.25) is 0 Å². The van der Waals surface area contributed by atoms with Crippen LogP contribution in [0.15, 0.2) is 18.2 Å². The lowest BCUT2D eigenvalue weighted by Crippen LogP contribution is -2.53. The van der Waals surface area contributed by atoms with Crippen LogP contribution in [-0.4, -0.2) is 17.3 Å². The van der Waals surface area contributed by atoms with Gasteiger partial charge in [0.05, 0.1) is 7.11 Å². The molecule has 0 aromatic heterocycles. The number of ether oxygens (including phenoxy) is 1. The molecule has 4 fully saturated rings. The number of aryl methyl sites for hydroxylation is 1. The summed E-state index contributed by atoms with van der Waals surface area (Å²) in [6.45, 7) is 2.02. The fourth-order valence-electron chi connectivity index (χ4n) is 5.94. The van der Waals surface area contributed by atoms with Crippen molar-refractivity contribution < 1.29 is 9.53 Å². The minimum atomic E-state index is 0.157. The molecule has 130 valence electrons. The lowest BCUT2D eigenvalue weighted by atomic mass is 9.48. The van der Waals surface area contributed by atoms with E-state index in [0.717, 1.165) is 35.3 Å². The van der Waals surface area contributed by atoms with Gasteiger partial charge in [0.25, 0.3) is 0 Å². The first-order valence-corrected chi connectivity index (χ1v) is 9.81. The molecule has 0 spiro atoms. The Morgan fingerprint density at radius 3 is 2.62 bits per heavy atom. The van der Waals surface area contributed by atoms with E-state index in [2.05, 4.69) is 21.2 Å². The van der Waals surface area contributed by atoms with Crippen molar-refractivity contribution >= 4 is 27.5 Å². The fraction of sp³-hybridized carbons (Fsp3) is 0.650. The Bertz CT molecular complexity index is 658. The number of amides is 1. The Morgan fingerprint density at radius 2 is 2.00 bits per heavy atom. The summed E-state index contributed by atoms with van der Waals surface area (Å²) in [6.07, 6.45) is 8.29. The van der Waals surface area contributed by atoms with Gasteiger partial charge >= 0.3 is 0 Å². The third-order valence-electron chi connectivity index (χ3n) is 6.37. The predicted octanol–water partition coefficient (Wildman–Crippen LogP) is 5.07. The van der Waals surface area contributed by atoms with E-state index in [9.17, 15) is 4.79 Å². The van der Waals surface area contributed by atoms with Gasteiger partial charge < -0.3 is 10.1 Å². The third kappa shape index (κ3) is 2.98. The van der Waals surface area contributed by atoms with Crippen molar-refractivity contribution in [3.63, 3.8) is 0 Å². The first-order valence-electron chi connectivity index (χ1n) is 9.02. The molecule has 24 heavy (non-hydrogen) atoms. The number of methoxy groups -OCH3 is 1. The van der Waals surface area contributed by atoms with Crippen LogP contribution in [0.4, 0.5) is 5.69 Å². The molecule has 4 saturated carbocycles. The molecular weight excluding hydrogens is 366 g/mol. The van der Waals surface area contributed by atoms with Crippen LogP contribution in [0.3, 0.4) is 0 Å². The molecule has 4 aliphatic carbocycles. The number of carbonyl (C=O) groups is 1. The average molecular weight is 392 g/mol. The number of anilines is 1. The summed E-state index contributed by atoms with van der Waals surface area (Å²) in [7, 11) is 1.65. The number of rotatable bonds is 4. The molecular formula is C20H26BrNO2. The summed E-state index contributed by atoms with van der Waals surface area (Å²) in [5, 5.41) is 3.14. The zero-order valence-corrected chi connectivity index (χ0v) is 16.1. The van der Waals surface area contributed by atoms with Crippen LogP contribution in [0.5, 0.6) is 5.75 Å². The molecule has 0 radical (unpaired) electrons. The van der Waals surface area contributed by atoms with E-state index in [1.807, 2.05) is 25.1 Å². The lowest BCUT2D eigenvalue weighted by Gasteiger charge is -2.60. The van der Waals surface area contributed by atoms with Gasteiger partial charge in [0.1, 0.15) is 5.75 Å². The van der Waals surface area contributed by atoms with Crippen molar-refractivity contribution in [2.45, 2.75) is 56.2 Å². The molecule has 4 bridgehead atoms. The summed E-state index contributed by atoms with van der Waals surface area (Å²) in [6, 6.07) is 5.84. The molecule has 1 N–H and O–H groups in total. The molecule has 1 aromatic rings. The SMILES string of the molecule is COc1ccc(C)c(NC(=O)CC23CC4CC(CC(Br)(C4)C2)C3)c1. The minimum Gasteiger partial charge on any atom is -0.497 e. The highest BCUT2D eigenvalue weighted by atomic mass is 79.9. The summed E-state index contributed by atoms with van der Waals surface area (Å²) in [5.41, 5.74) is 2.16. The van der Waals surface area contributed by atoms with Crippen LogP contribution in [0.1, 0.15) is 50.5 Å². The number of halogens is 1. The standard InChI is InChI=1S/C20H26BrNO2/c1-13-3-4-16(24-2)6-17(13)22-18(23)11-19-7-14-5-15(8-19)10-20(21,9-14)12-19/h3-4,6,14-15H,5,7-12H2,1-2H3,(H,22,23). The van der Waals surface area contributed by atoms with Gasteiger partial charge in [-0.05, 0) is 74.3 Å². The summed E-state index contributed by atoms with van der Waals surface area (Å²) < 4.78 is 5.59. The first kappa shape index (κ1) is 16.4. The summed E-state index contributed by atoms with van der Waals surface area (Å²) >= 11 is 4.03. The normalized spacial score (nSPS) is 36.6. The summed E-state index contributed by atoms with van der Waals surface area (Å²) in [5.74, 6) is 2.57. The third-order valence-corrected chi connectivity index (χ3v) is 7.29. The maximum absolute atomic E-state index is 12.8. The van der Waals surface area contributed by atoms with Gasteiger partial charge in [0.15, 0.2) is 0 Å². The highest BCUT2D eigenvalue weighted by Gasteiger charge is 2.57. The lowest BCUT2D eigenvalue weighted by molar-refractivity contribution is -0.123. The Morgan fingerprint density at radius 1 is 1.29 bits per heavy atom. The molecule has 0 heterocycles. The quantitative estimate of drug-likeness (QED) is 0.727. The largest absolute Gasteiger partial charge is 0.497 e. The van der Waals surface area contributed by atoms with E-state index in [1.165, 1.54) is 32.1 Å².